The molecule has 0 aromatic heterocycles. The van der Waals surface area contributed by atoms with Crippen molar-refractivity contribution in [2.75, 3.05) is 0 Å². The molecule has 3 heteroatoms. The fourth-order valence-electron chi connectivity index (χ4n) is 7.90. The van der Waals surface area contributed by atoms with Crippen LogP contribution in [-0.2, 0) is 0 Å². The normalized spacial score (nSPS) is 36.7. The first kappa shape index (κ1) is 27.0. The Kier molecular flexibility index (Phi) is 8.95. The summed E-state index contributed by atoms with van der Waals surface area (Å²) in [5, 5.41) is 31.2. The molecule has 3 nitrogen and oxygen atoms in total. The molecular weight excluding hydrogens is 408 g/mol. The minimum absolute atomic E-state index is 0.299. The van der Waals surface area contributed by atoms with Crippen LogP contribution in [0.15, 0.2) is 23.3 Å². The summed E-state index contributed by atoms with van der Waals surface area (Å²) in [4.78, 5) is 0. The first-order chi connectivity index (χ1) is 15.5. The second-order valence-electron chi connectivity index (χ2n) is 12.8. The third-order valence-corrected chi connectivity index (χ3v) is 10.0. The molecule has 0 heterocycles. The van der Waals surface area contributed by atoms with Crippen molar-refractivity contribution in [2.45, 2.75) is 130 Å². The number of rotatable bonds is 8. The summed E-state index contributed by atoms with van der Waals surface area (Å²) >= 11 is 0. The fourth-order valence-corrected chi connectivity index (χ4v) is 7.90. The van der Waals surface area contributed by atoms with Crippen LogP contribution < -0.4 is 0 Å². The summed E-state index contributed by atoms with van der Waals surface area (Å²) < 4.78 is 0. The van der Waals surface area contributed by atoms with Crippen molar-refractivity contribution in [3.63, 3.8) is 0 Å². The second-order valence-corrected chi connectivity index (χ2v) is 12.8. The maximum atomic E-state index is 11.2. The van der Waals surface area contributed by atoms with Gasteiger partial charge in [-0.25, -0.2) is 0 Å². The van der Waals surface area contributed by atoms with Crippen molar-refractivity contribution < 1.29 is 15.3 Å². The predicted molar refractivity (Wildman–Crippen MR) is 138 cm³/mol. The molecule has 3 saturated carbocycles. The van der Waals surface area contributed by atoms with Crippen LogP contribution in [0.25, 0.3) is 0 Å². The Balaban J connectivity index is 1.64. The molecule has 3 N–H and O–H groups in total. The fraction of sp³-hybridized carbons (Fsp3) is 0.867. The lowest BCUT2D eigenvalue weighted by Crippen LogP contribution is -2.40. The van der Waals surface area contributed by atoms with Crippen LogP contribution in [0.5, 0.6) is 0 Å². The lowest BCUT2D eigenvalue weighted by Gasteiger charge is -2.44. The Hall–Kier alpha value is -0.640. The SMILES string of the molecule is CC(CCCC(O)(C(C)C)C(C)C)C1CCC2C(=CC=C3CC(O)C[C@H](O)C3)CCC[C@@]21C. The third kappa shape index (κ3) is 5.96. The molecule has 0 radical (unpaired) electrons. The molecule has 6 atom stereocenters. The number of hydrogen-bond acceptors (Lipinski definition) is 3. The molecule has 0 bridgehead atoms. The van der Waals surface area contributed by atoms with Gasteiger partial charge >= 0.3 is 0 Å². The molecule has 33 heavy (non-hydrogen) atoms. The summed E-state index contributed by atoms with van der Waals surface area (Å²) in [6.45, 7) is 13.7. The zero-order valence-electron chi connectivity index (χ0n) is 22.3. The van der Waals surface area contributed by atoms with Crippen molar-refractivity contribution in [2.24, 2.45) is 35.0 Å². The average Bonchev–Trinajstić information content (AvgIpc) is 3.08. The number of allylic oxidation sites excluding steroid dienone is 3. The van der Waals surface area contributed by atoms with E-state index < -0.39 is 17.8 Å². The van der Waals surface area contributed by atoms with Crippen LogP contribution >= 0.6 is 0 Å². The maximum absolute atomic E-state index is 11.2. The van der Waals surface area contributed by atoms with E-state index >= 15 is 0 Å². The van der Waals surface area contributed by atoms with Gasteiger partial charge in [0.25, 0.3) is 0 Å². The topological polar surface area (TPSA) is 60.7 Å². The van der Waals surface area contributed by atoms with Crippen LogP contribution in [-0.4, -0.2) is 33.1 Å². The van der Waals surface area contributed by atoms with E-state index in [4.69, 9.17) is 0 Å². The molecule has 3 rings (SSSR count). The molecule has 4 unspecified atom stereocenters. The van der Waals surface area contributed by atoms with Crippen molar-refractivity contribution in [3.05, 3.63) is 23.3 Å². The largest absolute Gasteiger partial charge is 0.393 e. The molecule has 0 aromatic rings. The Bertz CT molecular complexity index is 685. The Morgan fingerprint density at radius 2 is 1.64 bits per heavy atom. The van der Waals surface area contributed by atoms with E-state index in [2.05, 4.69) is 53.7 Å². The van der Waals surface area contributed by atoms with E-state index in [1.807, 2.05) is 0 Å². The number of aliphatic hydroxyl groups excluding tert-OH is 2. The molecule has 3 aliphatic rings. The van der Waals surface area contributed by atoms with Crippen molar-refractivity contribution >= 4 is 0 Å². The van der Waals surface area contributed by atoms with E-state index in [-0.39, 0.29) is 0 Å². The van der Waals surface area contributed by atoms with Gasteiger partial charge in [-0.15, -0.1) is 0 Å². The van der Waals surface area contributed by atoms with E-state index in [0.29, 0.717) is 48.3 Å². The monoisotopic (exact) mass is 460 g/mol. The lowest BCUT2D eigenvalue weighted by atomic mass is 9.60. The van der Waals surface area contributed by atoms with E-state index in [0.717, 1.165) is 18.8 Å². The van der Waals surface area contributed by atoms with Gasteiger partial charge in [0.05, 0.1) is 17.8 Å². The first-order valence-electron chi connectivity index (χ1n) is 13.9. The summed E-state index contributed by atoms with van der Waals surface area (Å²) in [6.07, 6.45) is 15.4. The van der Waals surface area contributed by atoms with Crippen LogP contribution in [0.1, 0.15) is 112 Å². The molecule has 3 fully saturated rings. The number of aliphatic hydroxyl groups is 3. The highest BCUT2D eigenvalue weighted by molar-refractivity contribution is 5.26. The van der Waals surface area contributed by atoms with Crippen LogP contribution in [0, 0.1) is 35.0 Å². The summed E-state index contributed by atoms with van der Waals surface area (Å²) in [6, 6.07) is 0. The van der Waals surface area contributed by atoms with Gasteiger partial charge < -0.3 is 15.3 Å². The minimum Gasteiger partial charge on any atom is -0.393 e. The smallest absolute Gasteiger partial charge is 0.0693 e. The number of fused-ring (bicyclic) bond motifs is 1. The lowest BCUT2D eigenvalue weighted by molar-refractivity contribution is -0.0568. The van der Waals surface area contributed by atoms with E-state index in [1.54, 1.807) is 5.57 Å². The Morgan fingerprint density at radius 1 is 1.00 bits per heavy atom. The molecule has 0 saturated heterocycles. The molecule has 0 amide bonds. The zero-order chi connectivity index (χ0) is 24.4. The van der Waals surface area contributed by atoms with Gasteiger partial charge in [-0.05, 0) is 92.8 Å². The molecule has 3 aliphatic carbocycles. The van der Waals surface area contributed by atoms with Gasteiger partial charge in [-0.2, -0.15) is 0 Å². The van der Waals surface area contributed by atoms with Gasteiger partial charge in [0.2, 0.25) is 0 Å². The van der Waals surface area contributed by atoms with E-state index in [9.17, 15) is 15.3 Å². The molecule has 190 valence electrons. The van der Waals surface area contributed by atoms with Crippen molar-refractivity contribution in [1.82, 2.24) is 0 Å². The van der Waals surface area contributed by atoms with Gasteiger partial charge in [0, 0.05) is 0 Å². The summed E-state index contributed by atoms with van der Waals surface area (Å²) in [7, 11) is 0. The quantitative estimate of drug-likeness (QED) is 0.373. The highest BCUT2D eigenvalue weighted by atomic mass is 16.3. The zero-order valence-corrected chi connectivity index (χ0v) is 22.3. The molecule has 0 spiro atoms. The van der Waals surface area contributed by atoms with Crippen LogP contribution in [0.3, 0.4) is 0 Å². The van der Waals surface area contributed by atoms with Crippen molar-refractivity contribution in [1.29, 1.82) is 0 Å². The highest BCUT2D eigenvalue weighted by Crippen LogP contribution is 2.60. The van der Waals surface area contributed by atoms with Crippen LogP contribution in [0.2, 0.25) is 0 Å². The van der Waals surface area contributed by atoms with Crippen molar-refractivity contribution in [3.8, 4) is 0 Å². The molecule has 0 aliphatic heterocycles. The second kappa shape index (κ2) is 11.0. The first-order valence-corrected chi connectivity index (χ1v) is 13.9. The molecule has 0 aromatic carbocycles. The Morgan fingerprint density at radius 3 is 2.24 bits per heavy atom. The van der Waals surface area contributed by atoms with Crippen LogP contribution in [0.4, 0.5) is 0 Å². The molecular formula is C30H52O3. The summed E-state index contributed by atoms with van der Waals surface area (Å²) in [5.74, 6) is 2.74. The van der Waals surface area contributed by atoms with Gasteiger partial charge in [0.15, 0.2) is 0 Å². The predicted octanol–water partition coefficient (Wildman–Crippen LogP) is 6.81. The van der Waals surface area contributed by atoms with E-state index in [1.165, 1.54) is 44.1 Å². The van der Waals surface area contributed by atoms with Gasteiger partial charge in [-0.3, -0.25) is 0 Å². The maximum Gasteiger partial charge on any atom is 0.0693 e. The average molecular weight is 461 g/mol. The van der Waals surface area contributed by atoms with Gasteiger partial charge in [-0.1, -0.05) is 77.7 Å². The number of hydrogen-bond donors (Lipinski definition) is 3. The van der Waals surface area contributed by atoms with Gasteiger partial charge in [0.1, 0.15) is 0 Å². The third-order valence-electron chi connectivity index (χ3n) is 10.0. The summed E-state index contributed by atoms with van der Waals surface area (Å²) in [5.41, 5.74) is 2.65. The highest BCUT2D eigenvalue weighted by Gasteiger charge is 2.50. The minimum atomic E-state index is -0.545. The Labute approximate surface area is 203 Å². The standard InChI is InChI=1S/C30H52O3/c1-20(2)30(33,21(3)4)16-7-9-22(5)27-13-14-28-24(10-8-15-29(27,28)6)12-11-23-17-25(31)19-26(32)18-23/h11-12,20-22,25-28,31-33H,7-10,13-19H2,1-6H3/t22?,25-,26?,27?,28?,29-/m1/s1.